The average molecular weight is 589 g/mol. The van der Waals surface area contributed by atoms with Gasteiger partial charge in [0.2, 0.25) is 0 Å². The fourth-order valence-electron chi connectivity index (χ4n) is 3.44. The van der Waals surface area contributed by atoms with Gasteiger partial charge >= 0.3 is 5.97 Å². The van der Waals surface area contributed by atoms with E-state index >= 15 is 0 Å². The van der Waals surface area contributed by atoms with Crippen LogP contribution in [0.4, 0.5) is 10.5 Å². The fraction of sp³-hybridized carbons (Fsp3) is 0.115. The van der Waals surface area contributed by atoms with Crippen LogP contribution >= 0.6 is 46.7 Å². The van der Waals surface area contributed by atoms with Crippen molar-refractivity contribution in [2.24, 2.45) is 0 Å². The minimum Gasteiger partial charge on any atom is -0.461 e. The van der Waals surface area contributed by atoms with E-state index in [2.05, 4.69) is 0 Å². The van der Waals surface area contributed by atoms with E-state index in [1.807, 2.05) is 0 Å². The summed E-state index contributed by atoms with van der Waals surface area (Å²) < 4.78 is 5.22. The molecule has 0 unspecified atom stereocenters. The number of imide groups is 1. The highest BCUT2D eigenvalue weighted by Crippen LogP contribution is 2.36. The van der Waals surface area contributed by atoms with Crippen LogP contribution in [0.1, 0.15) is 21.5 Å². The van der Waals surface area contributed by atoms with E-state index in [1.165, 1.54) is 23.9 Å². The molecule has 0 bridgehead atoms. The average Bonchev–Trinajstić information content (AvgIpc) is 3.16. The SMILES string of the molecule is O=C(OCCSc1ccc(/C=C2/SC(=O)N(Cc3ccc(Cl)c(Cl)c3)C2=O)cc1[N+](=O)[O-])c1ccccc1. The highest BCUT2D eigenvalue weighted by atomic mass is 35.5. The Morgan fingerprint density at radius 2 is 1.82 bits per heavy atom. The molecule has 1 fully saturated rings. The van der Waals surface area contributed by atoms with Gasteiger partial charge in [0.1, 0.15) is 6.61 Å². The second kappa shape index (κ2) is 12.5. The van der Waals surface area contributed by atoms with Crippen molar-refractivity contribution in [1.82, 2.24) is 4.90 Å². The molecule has 3 aromatic rings. The summed E-state index contributed by atoms with van der Waals surface area (Å²) in [6.45, 7) is 0.0900. The van der Waals surface area contributed by atoms with Gasteiger partial charge in [-0.1, -0.05) is 53.5 Å². The summed E-state index contributed by atoms with van der Waals surface area (Å²) in [5, 5.41) is 11.9. The van der Waals surface area contributed by atoms with Gasteiger partial charge < -0.3 is 4.74 Å². The van der Waals surface area contributed by atoms with E-state index in [1.54, 1.807) is 60.7 Å². The maximum Gasteiger partial charge on any atom is 0.338 e. The third-order valence-corrected chi connectivity index (χ3v) is 7.93. The predicted octanol–water partition coefficient (Wildman–Crippen LogP) is 7.09. The minimum atomic E-state index is -0.522. The van der Waals surface area contributed by atoms with Crippen LogP contribution < -0.4 is 0 Å². The smallest absolute Gasteiger partial charge is 0.338 e. The van der Waals surface area contributed by atoms with E-state index in [0.29, 0.717) is 37.4 Å². The second-order valence-corrected chi connectivity index (χ2v) is 10.8. The number of rotatable bonds is 9. The lowest BCUT2D eigenvalue weighted by atomic mass is 10.1. The van der Waals surface area contributed by atoms with Crippen molar-refractivity contribution >= 4 is 75.6 Å². The Balaban J connectivity index is 1.41. The van der Waals surface area contributed by atoms with E-state index in [0.717, 1.165) is 16.7 Å². The quantitative estimate of drug-likeness (QED) is 0.0651. The maximum atomic E-state index is 12.9. The Labute approximate surface area is 236 Å². The first-order valence-electron chi connectivity index (χ1n) is 11.1. The van der Waals surface area contributed by atoms with Crippen molar-refractivity contribution in [3.63, 3.8) is 0 Å². The molecule has 8 nitrogen and oxygen atoms in total. The molecule has 1 aliphatic rings. The number of nitro groups is 1. The first-order valence-corrected chi connectivity index (χ1v) is 13.6. The second-order valence-electron chi connectivity index (χ2n) is 7.85. The van der Waals surface area contributed by atoms with E-state index in [-0.39, 0.29) is 23.7 Å². The van der Waals surface area contributed by atoms with E-state index in [4.69, 9.17) is 27.9 Å². The van der Waals surface area contributed by atoms with Gasteiger partial charge in [-0.25, -0.2) is 4.79 Å². The van der Waals surface area contributed by atoms with Crippen LogP contribution in [0.25, 0.3) is 6.08 Å². The number of esters is 1. The van der Waals surface area contributed by atoms with Crippen molar-refractivity contribution < 1.29 is 24.0 Å². The zero-order chi connectivity index (χ0) is 27.2. The molecule has 0 saturated carbocycles. The van der Waals surface area contributed by atoms with Crippen molar-refractivity contribution in [3.8, 4) is 0 Å². The lowest BCUT2D eigenvalue weighted by Crippen LogP contribution is -2.27. The lowest BCUT2D eigenvalue weighted by molar-refractivity contribution is -0.387. The lowest BCUT2D eigenvalue weighted by Gasteiger charge is -2.12. The van der Waals surface area contributed by atoms with Crippen molar-refractivity contribution in [2.45, 2.75) is 11.4 Å². The Morgan fingerprint density at radius 1 is 1.05 bits per heavy atom. The highest BCUT2D eigenvalue weighted by molar-refractivity contribution is 8.18. The molecule has 0 aliphatic carbocycles. The number of nitro benzene ring substituents is 1. The number of thioether (sulfide) groups is 2. The van der Waals surface area contributed by atoms with Gasteiger partial charge in [0.05, 0.1) is 36.9 Å². The molecule has 0 atom stereocenters. The summed E-state index contributed by atoms with van der Waals surface area (Å²) in [6.07, 6.45) is 1.45. The first-order chi connectivity index (χ1) is 18.2. The number of halogens is 2. The van der Waals surface area contributed by atoms with Gasteiger partial charge in [0.15, 0.2) is 0 Å². The molecule has 0 radical (unpaired) electrons. The monoisotopic (exact) mass is 588 g/mol. The van der Waals surface area contributed by atoms with Crippen LogP contribution in [0.2, 0.25) is 10.0 Å². The fourth-order valence-corrected chi connectivity index (χ4v) is 5.43. The number of hydrogen-bond acceptors (Lipinski definition) is 8. The van der Waals surface area contributed by atoms with Crippen LogP contribution in [0.3, 0.4) is 0 Å². The molecule has 1 saturated heterocycles. The molecule has 0 spiro atoms. The molecule has 4 rings (SSSR count). The van der Waals surface area contributed by atoms with Gasteiger partial charge in [0, 0.05) is 11.8 Å². The topological polar surface area (TPSA) is 107 Å². The molecule has 0 aromatic heterocycles. The van der Waals surface area contributed by atoms with Gasteiger partial charge in [-0.3, -0.25) is 24.6 Å². The standard InChI is InChI=1S/C26H18Cl2N2O6S2/c27-19-8-6-17(12-20(19)28)15-29-24(31)23(38-26(29)33)14-16-7-9-22(21(13-16)30(34)35)37-11-10-36-25(32)18-4-2-1-3-5-18/h1-9,12-14H,10-11,15H2/b23-14+. The Morgan fingerprint density at radius 3 is 2.53 bits per heavy atom. The van der Waals surface area contributed by atoms with Gasteiger partial charge in [-0.05, 0) is 59.3 Å². The third-order valence-electron chi connectivity index (χ3n) is 5.26. The molecule has 194 valence electrons. The van der Waals surface area contributed by atoms with Crippen LogP contribution in [0.5, 0.6) is 0 Å². The number of nitrogens with zero attached hydrogens (tertiary/aromatic N) is 2. The molecule has 2 amide bonds. The van der Waals surface area contributed by atoms with E-state index in [9.17, 15) is 24.5 Å². The number of hydrogen-bond donors (Lipinski definition) is 0. The van der Waals surface area contributed by atoms with Gasteiger partial charge in [-0.2, -0.15) is 0 Å². The molecular formula is C26H18Cl2N2O6S2. The molecular weight excluding hydrogens is 571 g/mol. The normalized spacial score (nSPS) is 14.3. The number of benzene rings is 3. The molecule has 3 aromatic carbocycles. The summed E-state index contributed by atoms with van der Waals surface area (Å²) in [5.74, 6) is -0.664. The number of carbonyl (C=O) groups is 3. The summed E-state index contributed by atoms with van der Waals surface area (Å²) in [5.41, 5.74) is 1.30. The van der Waals surface area contributed by atoms with Crippen LogP contribution in [-0.2, 0) is 16.1 Å². The minimum absolute atomic E-state index is 0.0173. The van der Waals surface area contributed by atoms with Crippen molar-refractivity contribution in [1.29, 1.82) is 0 Å². The maximum absolute atomic E-state index is 12.9. The van der Waals surface area contributed by atoms with Crippen LogP contribution in [0.15, 0.2) is 76.5 Å². The van der Waals surface area contributed by atoms with Crippen LogP contribution in [0, 0.1) is 10.1 Å². The zero-order valence-electron chi connectivity index (χ0n) is 19.5. The van der Waals surface area contributed by atoms with Gasteiger partial charge in [0.25, 0.3) is 16.8 Å². The zero-order valence-corrected chi connectivity index (χ0v) is 22.6. The van der Waals surface area contributed by atoms with Crippen molar-refractivity contribution in [2.75, 3.05) is 12.4 Å². The highest BCUT2D eigenvalue weighted by Gasteiger charge is 2.35. The van der Waals surface area contributed by atoms with Crippen LogP contribution in [-0.4, -0.2) is 39.3 Å². The number of carbonyl (C=O) groups excluding carboxylic acids is 3. The molecule has 38 heavy (non-hydrogen) atoms. The summed E-state index contributed by atoms with van der Waals surface area (Å²) >= 11 is 13.9. The first kappa shape index (κ1) is 27.7. The summed E-state index contributed by atoms with van der Waals surface area (Å²) in [6, 6.07) is 17.9. The molecule has 1 aliphatic heterocycles. The number of amides is 2. The van der Waals surface area contributed by atoms with Crippen molar-refractivity contribution in [3.05, 3.63) is 108 Å². The largest absolute Gasteiger partial charge is 0.461 e. The number of ether oxygens (including phenoxy) is 1. The van der Waals surface area contributed by atoms with E-state index < -0.39 is 22.0 Å². The molecule has 1 heterocycles. The Hall–Kier alpha value is -3.31. The predicted molar refractivity (Wildman–Crippen MR) is 149 cm³/mol. The third kappa shape index (κ3) is 6.76. The summed E-state index contributed by atoms with van der Waals surface area (Å²) in [7, 11) is 0. The molecule has 0 N–H and O–H groups in total. The van der Waals surface area contributed by atoms with Gasteiger partial charge in [-0.15, -0.1) is 11.8 Å². The Bertz CT molecular complexity index is 1450. The summed E-state index contributed by atoms with van der Waals surface area (Å²) in [4.78, 5) is 50.2. The molecule has 12 heteroatoms. The Kier molecular flexibility index (Phi) is 9.11.